The van der Waals surface area contributed by atoms with Gasteiger partial charge in [-0.25, -0.2) is 4.79 Å². The van der Waals surface area contributed by atoms with E-state index in [0.717, 1.165) is 16.7 Å². The molecule has 3 nitrogen and oxygen atoms in total. The third-order valence-corrected chi connectivity index (χ3v) is 3.89. The van der Waals surface area contributed by atoms with E-state index in [2.05, 4.69) is 0 Å². The maximum Gasteiger partial charge on any atom is 0.345 e. The zero-order chi connectivity index (χ0) is 16.3. The molecule has 2 rings (SSSR count). The highest BCUT2D eigenvalue weighted by atomic mass is 35.5. The standard InChI is InChI=1S/C17H16Cl2O3/c1-10-5-11(2)7-13(6-10)22-16(17(20)21)9-12-3-4-14(18)15(19)8-12/h3-8,16H,9H2,1-2H3,(H,20,21)/t16-/m0/s1. The Balaban J connectivity index is 2.19. The summed E-state index contributed by atoms with van der Waals surface area (Å²) in [5.41, 5.74) is 2.80. The minimum absolute atomic E-state index is 0.208. The number of halogens is 2. The molecule has 0 amide bonds. The predicted molar refractivity (Wildman–Crippen MR) is 88.1 cm³/mol. The average Bonchev–Trinajstić information content (AvgIpc) is 2.41. The summed E-state index contributed by atoms with van der Waals surface area (Å²) in [5.74, 6) is -0.477. The molecular weight excluding hydrogens is 323 g/mol. The second kappa shape index (κ2) is 7.03. The summed E-state index contributed by atoms with van der Waals surface area (Å²) in [6.07, 6.45) is -0.780. The van der Waals surface area contributed by atoms with Crippen LogP contribution in [0.4, 0.5) is 0 Å². The maximum absolute atomic E-state index is 11.4. The van der Waals surface area contributed by atoms with Crippen molar-refractivity contribution in [1.29, 1.82) is 0 Å². The lowest BCUT2D eigenvalue weighted by molar-refractivity contribution is -0.145. The van der Waals surface area contributed by atoms with Crippen molar-refractivity contribution in [3.63, 3.8) is 0 Å². The lowest BCUT2D eigenvalue weighted by Gasteiger charge is -2.16. The van der Waals surface area contributed by atoms with Gasteiger partial charge in [0, 0.05) is 6.42 Å². The Morgan fingerprint density at radius 2 is 1.73 bits per heavy atom. The van der Waals surface area contributed by atoms with E-state index < -0.39 is 12.1 Å². The molecule has 0 aliphatic heterocycles. The number of benzene rings is 2. The number of carboxylic acid groups (broad SMARTS) is 1. The molecule has 0 saturated carbocycles. The summed E-state index contributed by atoms with van der Waals surface area (Å²) in [6, 6.07) is 10.7. The van der Waals surface area contributed by atoms with Gasteiger partial charge in [-0.2, -0.15) is 0 Å². The van der Waals surface area contributed by atoms with E-state index in [0.29, 0.717) is 15.8 Å². The van der Waals surface area contributed by atoms with Crippen LogP contribution in [0.3, 0.4) is 0 Å². The minimum Gasteiger partial charge on any atom is -0.478 e. The number of carbonyl (C=O) groups is 1. The zero-order valence-corrected chi connectivity index (χ0v) is 13.8. The molecule has 22 heavy (non-hydrogen) atoms. The molecule has 0 aliphatic carbocycles. The summed E-state index contributed by atoms with van der Waals surface area (Å²) in [7, 11) is 0. The van der Waals surface area contributed by atoms with Crippen LogP contribution in [0.15, 0.2) is 36.4 Å². The number of aliphatic carboxylic acids is 1. The first-order valence-electron chi connectivity index (χ1n) is 6.77. The van der Waals surface area contributed by atoms with Gasteiger partial charge in [-0.3, -0.25) is 0 Å². The largest absolute Gasteiger partial charge is 0.478 e. The van der Waals surface area contributed by atoms with Gasteiger partial charge in [0.05, 0.1) is 10.0 Å². The molecule has 2 aromatic rings. The molecular formula is C17H16Cl2O3. The number of ether oxygens (including phenoxy) is 1. The highest BCUT2D eigenvalue weighted by Crippen LogP contribution is 2.24. The van der Waals surface area contributed by atoms with Crippen LogP contribution in [0.2, 0.25) is 10.0 Å². The first kappa shape index (κ1) is 16.7. The van der Waals surface area contributed by atoms with Crippen molar-refractivity contribution in [3.8, 4) is 5.75 Å². The first-order valence-corrected chi connectivity index (χ1v) is 7.52. The number of hydrogen-bond acceptors (Lipinski definition) is 2. The molecule has 0 heterocycles. The van der Waals surface area contributed by atoms with Gasteiger partial charge in [-0.1, -0.05) is 35.3 Å². The highest BCUT2D eigenvalue weighted by Gasteiger charge is 2.20. The summed E-state index contributed by atoms with van der Waals surface area (Å²) in [4.78, 5) is 11.4. The molecule has 5 heteroatoms. The maximum atomic E-state index is 11.4. The second-order valence-corrected chi connectivity index (χ2v) is 6.04. The van der Waals surface area contributed by atoms with E-state index in [4.69, 9.17) is 27.9 Å². The third-order valence-electron chi connectivity index (χ3n) is 3.15. The van der Waals surface area contributed by atoms with Crippen molar-refractivity contribution in [3.05, 3.63) is 63.1 Å². The Morgan fingerprint density at radius 1 is 1.09 bits per heavy atom. The summed E-state index contributed by atoms with van der Waals surface area (Å²) in [5, 5.41) is 10.2. The van der Waals surface area contributed by atoms with Gasteiger partial charge in [0.2, 0.25) is 0 Å². The Labute approximate surface area is 139 Å². The summed E-state index contributed by atoms with van der Waals surface area (Å²) >= 11 is 11.8. The topological polar surface area (TPSA) is 46.5 Å². The van der Waals surface area contributed by atoms with Gasteiger partial charge in [-0.05, 0) is 54.8 Å². The van der Waals surface area contributed by atoms with E-state index in [1.54, 1.807) is 18.2 Å². The first-order chi connectivity index (χ1) is 10.3. The van der Waals surface area contributed by atoms with Gasteiger partial charge < -0.3 is 9.84 Å². The van der Waals surface area contributed by atoms with Gasteiger partial charge in [0.1, 0.15) is 5.75 Å². The van der Waals surface area contributed by atoms with Crippen LogP contribution in [-0.4, -0.2) is 17.2 Å². The van der Waals surface area contributed by atoms with E-state index >= 15 is 0 Å². The molecule has 2 aromatic carbocycles. The number of rotatable bonds is 5. The normalized spacial score (nSPS) is 12.0. The van der Waals surface area contributed by atoms with Gasteiger partial charge in [0.25, 0.3) is 0 Å². The Morgan fingerprint density at radius 3 is 2.27 bits per heavy atom. The lowest BCUT2D eigenvalue weighted by atomic mass is 10.1. The molecule has 0 spiro atoms. The summed E-state index contributed by atoms with van der Waals surface area (Å²) < 4.78 is 5.64. The molecule has 0 unspecified atom stereocenters. The van der Waals surface area contributed by atoms with Gasteiger partial charge >= 0.3 is 5.97 Å². The van der Waals surface area contributed by atoms with E-state index in [9.17, 15) is 9.90 Å². The Hall–Kier alpha value is -1.71. The van der Waals surface area contributed by atoms with Crippen molar-refractivity contribution in [2.75, 3.05) is 0 Å². The summed E-state index contributed by atoms with van der Waals surface area (Å²) in [6.45, 7) is 3.88. The monoisotopic (exact) mass is 338 g/mol. The van der Waals surface area contributed by atoms with Crippen molar-refractivity contribution < 1.29 is 14.6 Å². The molecule has 116 valence electrons. The van der Waals surface area contributed by atoms with Gasteiger partial charge in [0.15, 0.2) is 6.10 Å². The second-order valence-electron chi connectivity index (χ2n) is 5.22. The third kappa shape index (κ3) is 4.39. The van der Waals surface area contributed by atoms with Crippen LogP contribution in [-0.2, 0) is 11.2 Å². The van der Waals surface area contributed by atoms with Gasteiger partial charge in [-0.15, -0.1) is 0 Å². The van der Waals surface area contributed by atoms with Crippen molar-refractivity contribution in [2.24, 2.45) is 0 Å². The molecule has 0 bridgehead atoms. The van der Waals surface area contributed by atoms with Crippen molar-refractivity contribution in [2.45, 2.75) is 26.4 Å². The van der Waals surface area contributed by atoms with Crippen LogP contribution in [0.5, 0.6) is 5.75 Å². The zero-order valence-electron chi connectivity index (χ0n) is 12.3. The fourth-order valence-corrected chi connectivity index (χ4v) is 2.55. The van der Waals surface area contributed by atoms with Crippen molar-refractivity contribution in [1.82, 2.24) is 0 Å². The molecule has 0 fully saturated rings. The van der Waals surface area contributed by atoms with Crippen LogP contribution in [0.25, 0.3) is 0 Å². The molecule has 0 saturated heterocycles. The van der Waals surface area contributed by atoms with E-state index in [1.165, 1.54) is 0 Å². The minimum atomic E-state index is -1.02. The van der Waals surface area contributed by atoms with Crippen LogP contribution >= 0.6 is 23.2 Å². The smallest absolute Gasteiger partial charge is 0.345 e. The number of hydrogen-bond donors (Lipinski definition) is 1. The fourth-order valence-electron chi connectivity index (χ4n) is 2.23. The van der Waals surface area contributed by atoms with Crippen LogP contribution in [0, 0.1) is 13.8 Å². The Kier molecular flexibility index (Phi) is 5.33. The SMILES string of the molecule is Cc1cc(C)cc(O[C@@H](Cc2ccc(Cl)c(Cl)c2)C(=O)O)c1. The Bertz CT molecular complexity index is 678. The quantitative estimate of drug-likeness (QED) is 0.860. The van der Waals surface area contributed by atoms with E-state index in [1.807, 2.05) is 32.0 Å². The lowest BCUT2D eigenvalue weighted by Crippen LogP contribution is -2.29. The highest BCUT2D eigenvalue weighted by molar-refractivity contribution is 6.42. The molecule has 1 N–H and O–H groups in total. The predicted octanol–water partition coefficient (Wildman–Crippen LogP) is 4.68. The molecule has 0 radical (unpaired) electrons. The number of carboxylic acids is 1. The van der Waals surface area contributed by atoms with Crippen molar-refractivity contribution >= 4 is 29.2 Å². The fraction of sp³-hybridized carbons (Fsp3) is 0.235. The van der Waals surface area contributed by atoms with Crippen LogP contribution < -0.4 is 4.74 Å². The molecule has 0 aromatic heterocycles. The van der Waals surface area contributed by atoms with Crippen LogP contribution in [0.1, 0.15) is 16.7 Å². The van der Waals surface area contributed by atoms with E-state index in [-0.39, 0.29) is 6.42 Å². The average molecular weight is 339 g/mol. The number of aryl methyl sites for hydroxylation is 2. The molecule has 0 aliphatic rings. The molecule has 1 atom stereocenters.